The van der Waals surface area contributed by atoms with Crippen molar-refractivity contribution in [3.8, 4) is 0 Å². The van der Waals surface area contributed by atoms with Crippen molar-refractivity contribution in [1.82, 2.24) is 19.5 Å². The lowest BCUT2D eigenvalue weighted by Crippen LogP contribution is -2.45. The number of carbonyl (C=O) groups excluding carboxylic acids is 1. The standard InChI is InChI=1S/C16H22N4O/c1-10-5-6-11(2)19(9-10)16(21)15-12(3)18-14-7-8-17-20(14)13(15)4/h7-8,10-11H,5-6,9H2,1-4H3. The van der Waals surface area contributed by atoms with Crippen LogP contribution >= 0.6 is 0 Å². The van der Waals surface area contributed by atoms with Crippen molar-refractivity contribution in [2.45, 2.75) is 46.6 Å². The molecule has 2 aromatic rings. The third-order valence-corrected chi connectivity index (χ3v) is 4.54. The Morgan fingerprint density at radius 3 is 2.81 bits per heavy atom. The van der Waals surface area contributed by atoms with Crippen LogP contribution in [0.4, 0.5) is 0 Å². The molecule has 0 N–H and O–H groups in total. The third-order valence-electron chi connectivity index (χ3n) is 4.54. The van der Waals surface area contributed by atoms with E-state index < -0.39 is 0 Å². The highest BCUT2D eigenvalue weighted by Gasteiger charge is 2.30. The molecule has 0 bridgehead atoms. The van der Waals surface area contributed by atoms with Crippen LogP contribution in [0.5, 0.6) is 0 Å². The number of aryl methyl sites for hydroxylation is 2. The zero-order valence-corrected chi connectivity index (χ0v) is 13.1. The van der Waals surface area contributed by atoms with Crippen molar-refractivity contribution >= 4 is 11.6 Å². The molecular weight excluding hydrogens is 264 g/mol. The summed E-state index contributed by atoms with van der Waals surface area (Å²) in [6, 6.07) is 2.15. The summed E-state index contributed by atoms with van der Waals surface area (Å²) >= 11 is 0. The van der Waals surface area contributed by atoms with E-state index >= 15 is 0 Å². The summed E-state index contributed by atoms with van der Waals surface area (Å²) in [5.41, 5.74) is 3.16. The normalized spacial score (nSPS) is 22.8. The SMILES string of the molecule is Cc1nc2ccnn2c(C)c1C(=O)N1CC(C)CCC1C. The maximum absolute atomic E-state index is 13.0. The van der Waals surface area contributed by atoms with Crippen molar-refractivity contribution in [3.05, 3.63) is 29.2 Å². The van der Waals surface area contributed by atoms with Gasteiger partial charge in [0.15, 0.2) is 5.65 Å². The highest BCUT2D eigenvalue weighted by atomic mass is 16.2. The molecule has 112 valence electrons. The summed E-state index contributed by atoms with van der Waals surface area (Å²) in [6.45, 7) is 9.02. The summed E-state index contributed by atoms with van der Waals surface area (Å²) in [7, 11) is 0. The second-order valence-corrected chi connectivity index (χ2v) is 6.25. The highest BCUT2D eigenvalue weighted by Crippen LogP contribution is 2.25. The van der Waals surface area contributed by atoms with Gasteiger partial charge in [-0.3, -0.25) is 4.79 Å². The van der Waals surface area contributed by atoms with E-state index in [4.69, 9.17) is 0 Å². The van der Waals surface area contributed by atoms with Gasteiger partial charge in [-0.1, -0.05) is 6.92 Å². The molecule has 0 aromatic carbocycles. The lowest BCUT2D eigenvalue weighted by Gasteiger charge is -2.37. The Morgan fingerprint density at radius 1 is 1.29 bits per heavy atom. The first-order valence-corrected chi connectivity index (χ1v) is 7.61. The highest BCUT2D eigenvalue weighted by molar-refractivity contribution is 5.96. The van der Waals surface area contributed by atoms with Gasteiger partial charge in [0.2, 0.25) is 0 Å². The van der Waals surface area contributed by atoms with Crippen LogP contribution in [-0.2, 0) is 0 Å². The quantitative estimate of drug-likeness (QED) is 0.809. The number of rotatable bonds is 1. The van der Waals surface area contributed by atoms with Crippen molar-refractivity contribution in [1.29, 1.82) is 0 Å². The van der Waals surface area contributed by atoms with Crippen LogP contribution in [0.1, 0.15) is 48.4 Å². The van der Waals surface area contributed by atoms with Crippen LogP contribution in [0.2, 0.25) is 0 Å². The van der Waals surface area contributed by atoms with E-state index in [-0.39, 0.29) is 5.91 Å². The van der Waals surface area contributed by atoms with E-state index in [9.17, 15) is 4.79 Å². The molecule has 3 rings (SSSR count). The fourth-order valence-electron chi connectivity index (χ4n) is 3.26. The largest absolute Gasteiger partial charge is 0.336 e. The lowest BCUT2D eigenvalue weighted by atomic mass is 9.94. The summed E-state index contributed by atoms with van der Waals surface area (Å²) in [5, 5.41) is 4.26. The van der Waals surface area contributed by atoms with Gasteiger partial charge in [-0.05, 0) is 39.5 Å². The van der Waals surface area contributed by atoms with Gasteiger partial charge in [-0.15, -0.1) is 0 Å². The molecule has 5 nitrogen and oxygen atoms in total. The molecule has 2 aromatic heterocycles. The van der Waals surface area contributed by atoms with E-state index in [1.54, 1.807) is 10.7 Å². The van der Waals surface area contributed by atoms with Crippen molar-refractivity contribution in [3.63, 3.8) is 0 Å². The number of fused-ring (bicyclic) bond motifs is 1. The van der Waals surface area contributed by atoms with Crippen LogP contribution in [-0.4, -0.2) is 38.0 Å². The molecule has 5 heteroatoms. The Balaban J connectivity index is 2.04. The fourth-order valence-corrected chi connectivity index (χ4v) is 3.26. The van der Waals surface area contributed by atoms with Crippen molar-refractivity contribution in [2.24, 2.45) is 5.92 Å². The summed E-state index contributed by atoms with van der Waals surface area (Å²) in [6.07, 6.45) is 3.98. The molecule has 0 aliphatic carbocycles. The number of carbonyl (C=O) groups is 1. The van der Waals surface area contributed by atoms with Crippen LogP contribution in [0.25, 0.3) is 5.65 Å². The first-order valence-electron chi connectivity index (χ1n) is 7.61. The van der Waals surface area contributed by atoms with E-state index in [0.717, 1.165) is 30.0 Å². The Kier molecular flexibility index (Phi) is 3.43. The van der Waals surface area contributed by atoms with Crippen LogP contribution in [0, 0.1) is 19.8 Å². The molecule has 0 spiro atoms. The first kappa shape index (κ1) is 14.0. The number of aromatic nitrogens is 3. The van der Waals surface area contributed by atoms with Gasteiger partial charge < -0.3 is 4.90 Å². The lowest BCUT2D eigenvalue weighted by molar-refractivity contribution is 0.0571. The number of hydrogen-bond acceptors (Lipinski definition) is 3. The van der Waals surface area contributed by atoms with Crippen molar-refractivity contribution in [2.75, 3.05) is 6.54 Å². The second-order valence-electron chi connectivity index (χ2n) is 6.25. The molecule has 3 heterocycles. The molecular formula is C16H22N4O. The van der Waals surface area contributed by atoms with E-state index in [1.807, 2.05) is 24.8 Å². The molecule has 1 aliphatic heterocycles. The molecule has 0 saturated carbocycles. The molecule has 1 saturated heterocycles. The summed E-state index contributed by atoms with van der Waals surface area (Å²) < 4.78 is 1.75. The Hall–Kier alpha value is -1.91. The zero-order chi connectivity index (χ0) is 15.1. The number of nitrogens with zero attached hydrogens (tertiary/aromatic N) is 4. The first-order chi connectivity index (χ1) is 9.99. The molecule has 2 atom stereocenters. The van der Waals surface area contributed by atoms with Gasteiger partial charge in [0.25, 0.3) is 5.91 Å². The molecule has 21 heavy (non-hydrogen) atoms. The van der Waals surface area contributed by atoms with Gasteiger partial charge in [-0.2, -0.15) is 5.10 Å². The molecule has 1 aliphatic rings. The topological polar surface area (TPSA) is 50.5 Å². The van der Waals surface area contributed by atoms with Crippen molar-refractivity contribution < 1.29 is 4.79 Å². The Bertz CT molecular complexity index is 691. The molecule has 0 radical (unpaired) electrons. The van der Waals surface area contributed by atoms with Crippen LogP contribution < -0.4 is 0 Å². The van der Waals surface area contributed by atoms with Crippen LogP contribution in [0.3, 0.4) is 0 Å². The Labute approximate surface area is 125 Å². The van der Waals surface area contributed by atoms with Gasteiger partial charge in [-0.25, -0.2) is 9.50 Å². The van der Waals surface area contributed by atoms with Gasteiger partial charge >= 0.3 is 0 Å². The number of hydrogen-bond donors (Lipinski definition) is 0. The summed E-state index contributed by atoms with van der Waals surface area (Å²) in [4.78, 5) is 19.5. The average molecular weight is 286 g/mol. The second kappa shape index (κ2) is 5.13. The maximum Gasteiger partial charge on any atom is 0.257 e. The fraction of sp³-hybridized carbons (Fsp3) is 0.562. The number of piperidine rings is 1. The predicted octanol–water partition coefficient (Wildman–Crippen LogP) is 2.61. The number of likely N-dealkylation sites (tertiary alicyclic amines) is 1. The number of amides is 1. The molecule has 2 unspecified atom stereocenters. The van der Waals surface area contributed by atoms with Gasteiger partial charge in [0, 0.05) is 18.7 Å². The zero-order valence-electron chi connectivity index (χ0n) is 13.1. The van der Waals surface area contributed by atoms with Crippen LogP contribution in [0.15, 0.2) is 12.3 Å². The average Bonchev–Trinajstić information content (AvgIpc) is 2.89. The van der Waals surface area contributed by atoms with Gasteiger partial charge in [0.05, 0.1) is 23.1 Å². The van der Waals surface area contributed by atoms with E-state index in [0.29, 0.717) is 17.5 Å². The summed E-state index contributed by atoms with van der Waals surface area (Å²) in [5.74, 6) is 0.654. The smallest absolute Gasteiger partial charge is 0.257 e. The van der Waals surface area contributed by atoms with E-state index in [1.165, 1.54) is 6.42 Å². The minimum Gasteiger partial charge on any atom is -0.336 e. The predicted molar refractivity (Wildman–Crippen MR) is 81.4 cm³/mol. The monoisotopic (exact) mass is 286 g/mol. The minimum atomic E-state index is 0.0916. The molecule has 1 fully saturated rings. The molecule has 1 amide bonds. The maximum atomic E-state index is 13.0. The third kappa shape index (κ3) is 2.30. The Morgan fingerprint density at radius 2 is 2.05 bits per heavy atom. The minimum absolute atomic E-state index is 0.0916. The van der Waals surface area contributed by atoms with Gasteiger partial charge in [0.1, 0.15) is 0 Å². The van der Waals surface area contributed by atoms with E-state index in [2.05, 4.69) is 23.9 Å².